The molecule has 17 heteroatoms. The highest BCUT2D eigenvalue weighted by atomic mass is 32.2. The third-order valence-electron chi connectivity index (χ3n) is 9.74. The van der Waals surface area contributed by atoms with Crippen LogP contribution in [0.25, 0.3) is 0 Å². The Kier molecular flexibility index (Phi) is 12.6. The molecule has 3 aromatic rings. The van der Waals surface area contributed by atoms with Crippen molar-refractivity contribution in [3.8, 4) is 0 Å². The number of carbonyl (C=O) groups excluding carboxylic acids is 6. The van der Waals surface area contributed by atoms with Crippen LogP contribution in [-0.2, 0) is 61.8 Å². The van der Waals surface area contributed by atoms with Crippen LogP contribution in [0.15, 0.2) is 89.8 Å². The highest BCUT2D eigenvalue weighted by Crippen LogP contribution is 2.45. The maximum Gasteiger partial charge on any atom is 0.303 e. The third kappa shape index (κ3) is 8.79. The molecular formula is C41H41NO15S. The van der Waals surface area contributed by atoms with Crippen molar-refractivity contribution in [1.29, 1.82) is 0 Å². The van der Waals surface area contributed by atoms with E-state index in [-0.39, 0.29) is 17.7 Å². The van der Waals surface area contributed by atoms with Crippen LogP contribution in [0.5, 0.6) is 0 Å². The number of thioether (sulfide) groups is 1. The fraction of sp³-hybridized carbons (Fsp3) is 0.415. The summed E-state index contributed by atoms with van der Waals surface area (Å²) < 4.78 is 55.0. The van der Waals surface area contributed by atoms with Crippen LogP contribution in [0, 0.1) is 0 Å². The molecular weight excluding hydrogens is 779 g/mol. The number of hydrogen-bond donors (Lipinski definition) is 0. The van der Waals surface area contributed by atoms with E-state index >= 15 is 0 Å². The highest BCUT2D eigenvalue weighted by molar-refractivity contribution is 7.99. The summed E-state index contributed by atoms with van der Waals surface area (Å²) in [5.74, 6) is -4.42. The maximum atomic E-state index is 14.4. The van der Waals surface area contributed by atoms with Crippen LogP contribution in [0.4, 0.5) is 0 Å². The van der Waals surface area contributed by atoms with E-state index in [4.69, 9.17) is 42.6 Å². The van der Waals surface area contributed by atoms with Crippen LogP contribution in [0.3, 0.4) is 0 Å². The fourth-order valence-electron chi connectivity index (χ4n) is 7.43. The Morgan fingerprint density at radius 2 is 1.24 bits per heavy atom. The van der Waals surface area contributed by atoms with Crippen LogP contribution in [0.2, 0.25) is 0 Å². The first kappa shape index (κ1) is 41.0. The molecule has 7 rings (SSSR count). The van der Waals surface area contributed by atoms with Gasteiger partial charge in [-0.15, -0.1) is 0 Å². The zero-order valence-corrected chi connectivity index (χ0v) is 32.6. The number of nitrogens with zero attached hydrogens (tertiary/aromatic N) is 1. The summed E-state index contributed by atoms with van der Waals surface area (Å²) >= 11 is 1.23. The van der Waals surface area contributed by atoms with Crippen molar-refractivity contribution < 1.29 is 71.4 Å². The van der Waals surface area contributed by atoms with Gasteiger partial charge in [-0.3, -0.25) is 33.7 Å². The monoisotopic (exact) mass is 819 g/mol. The standard InChI is InChI=1S/C41H41NO15S/c1-21(43)49-19-29-33(51-22(2)44)35(52-23(3)45)36(53-24(4)46)40(54-29)57-34-31(42-37(47)27-17-11-12-18-28(27)38(42)48)41(58-26-15-9-6-10-16-26)55-30-20-50-39(56-32(30)34)25-13-7-5-8-14-25/h5-18,29-36,39-41H,19-20H2,1-4H3/t29-,30-,31-,32-,33+,34-,35+,36-,39?,40+,41+/m1/s1. The van der Waals surface area contributed by atoms with E-state index in [1.807, 2.05) is 48.5 Å². The van der Waals surface area contributed by atoms with E-state index in [1.165, 1.54) is 11.8 Å². The van der Waals surface area contributed by atoms with Gasteiger partial charge in [0.25, 0.3) is 11.8 Å². The van der Waals surface area contributed by atoms with Gasteiger partial charge in [-0.1, -0.05) is 72.4 Å². The third-order valence-corrected chi connectivity index (χ3v) is 10.9. The van der Waals surface area contributed by atoms with Crippen molar-refractivity contribution >= 4 is 47.5 Å². The minimum atomic E-state index is -1.69. The smallest absolute Gasteiger partial charge is 0.303 e. The number of carbonyl (C=O) groups is 6. The van der Waals surface area contributed by atoms with Gasteiger partial charge in [0.2, 0.25) is 0 Å². The summed E-state index contributed by atoms with van der Waals surface area (Å²) in [6.45, 7) is 3.97. The quantitative estimate of drug-likeness (QED) is 0.154. The average Bonchev–Trinajstić information content (AvgIpc) is 3.44. The molecule has 3 fully saturated rings. The van der Waals surface area contributed by atoms with Gasteiger partial charge in [-0.05, 0) is 24.3 Å². The minimum absolute atomic E-state index is 0.0106. The second-order valence-electron chi connectivity index (χ2n) is 13.8. The molecule has 3 saturated heterocycles. The molecule has 16 nitrogen and oxygen atoms in total. The molecule has 0 radical (unpaired) electrons. The van der Waals surface area contributed by atoms with Gasteiger partial charge in [-0.25, -0.2) is 0 Å². The largest absolute Gasteiger partial charge is 0.463 e. The van der Waals surface area contributed by atoms with Crippen molar-refractivity contribution in [2.75, 3.05) is 13.2 Å². The summed E-state index contributed by atoms with van der Waals surface area (Å²) in [5.41, 5.74) is -0.0227. The predicted octanol–water partition coefficient (Wildman–Crippen LogP) is 3.75. The second kappa shape index (κ2) is 17.8. The van der Waals surface area contributed by atoms with Crippen molar-refractivity contribution in [2.24, 2.45) is 0 Å². The number of ether oxygens (including phenoxy) is 9. The van der Waals surface area contributed by atoms with E-state index in [0.29, 0.717) is 5.56 Å². The molecule has 0 spiro atoms. The van der Waals surface area contributed by atoms with Gasteiger partial charge in [0.15, 0.2) is 30.9 Å². The average molecular weight is 820 g/mol. The molecule has 0 aliphatic carbocycles. The summed E-state index contributed by atoms with van der Waals surface area (Å²) in [6.07, 6.45) is -11.9. The first-order chi connectivity index (χ1) is 27.9. The molecule has 4 aliphatic rings. The van der Waals surface area contributed by atoms with Crippen molar-refractivity contribution in [2.45, 2.75) is 99.4 Å². The van der Waals surface area contributed by atoms with Crippen LogP contribution in [0.1, 0.15) is 60.3 Å². The van der Waals surface area contributed by atoms with Crippen LogP contribution in [-0.4, -0.2) is 114 Å². The van der Waals surface area contributed by atoms with Gasteiger partial charge in [0.05, 0.1) is 17.7 Å². The van der Waals surface area contributed by atoms with E-state index in [2.05, 4.69) is 0 Å². The summed E-state index contributed by atoms with van der Waals surface area (Å²) in [7, 11) is 0. The van der Waals surface area contributed by atoms with E-state index < -0.39 is 109 Å². The lowest BCUT2D eigenvalue weighted by Crippen LogP contribution is -2.70. The molecule has 4 aliphatic heterocycles. The number of hydrogen-bond acceptors (Lipinski definition) is 16. The van der Waals surface area contributed by atoms with Gasteiger partial charge in [0.1, 0.15) is 42.5 Å². The Hall–Kier alpha value is -5.17. The summed E-state index contributed by atoms with van der Waals surface area (Å²) in [5, 5.41) is 0. The van der Waals surface area contributed by atoms with Gasteiger partial charge < -0.3 is 42.6 Å². The highest BCUT2D eigenvalue weighted by Gasteiger charge is 2.60. The lowest BCUT2D eigenvalue weighted by atomic mass is 9.94. The Bertz CT molecular complexity index is 1980. The molecule has 0 saturated carbocycles. The zero-order valence-electron chi connectivity index (χ0n) is 31.8. The Morgan fingerprint density at radius 3 is 1.84 bits per heavy atom. The molecule has 3 aromatic carbocycles. The summed E-state index contributed by atoms with van der Waals surface area (Å²) in [4.78, 5) is 80.4. The van der Waals surface area contributed by atoms with Gasteiger partial charge in [0, 0.05) is 38.2 Å². The SMILES string of the molecule is CC(=O)OC[C@H]1O[C@@H](O[C@H]2[C@@H]3OC(c4ccccc4)OC[C@H]3O[C@@H](Sc3ccccc3)[C@@H]2N2C(=O)c3ccccc3C2=O)[C@H](OC(C)=O)[C@@H](OC(C)=O)[C@H]1OC(C)=O. The Morgan fingerprint density at radius 1 is 0.672 bits per heavy atom. The van der Waals surface area contributed by atoms with Crippen LogP contribution < -0.4 is 0 Å². The van der Waals surface area contributed by atoms with E-state index in [0.717, 1.165) is 37.5 Å². The number of benzene rings is 3. The lowest BCUT2D eigenvalue weighted by molar-refractivity contribution is -0.360. The number of fused-ring (bicyclic) bond motifs is 2. The van der Waals surface area contributed by atoms with Gasteiger partial charge >= 0.3 is 23.9 Å². The van der Waals surface area contributed by atoms with E-state index in [9.17, 15) is 28.8 Å². The van der Waals surface area contributed by atoms with Crippen molar-refractivity contribution in [3.05, 3.63) is 102 Å². The van der Waals surface area contributed by atoms with Crippen LogP contribution >= 0.6 is 11.8 Å². The first-order valence-electron chi connectivity index (χ1n) is 18.5. The maximum absolute atomic E-state index is 14.4. The number of amides is 2. The second-order valence-corrected chi connectivity index (χ2v) is 15.0. The molecule has 58 heavy (non-hydrogen) atoms. The number of imide groups is 1. The molecule has 2 amide bonds. The molecule has 0 bridgehead atoms. The molecule has 0 N–H and O–H groups in total. The first-order valence-corrected chi connectivity index (χ1v) is 19.4. The normalized spacial score (nSPS) is 30.4. The van der Waals surface area contributed by atoms with Crippen molar-refractivity contribution in [1.82, 2.24) is 4.90 Å². The minimum Gasteiger partial charge on any atom is -0.463 e. The number of esters is 4. The number of rotatable bonds is 11. The fourth-order valence-corrected chi connectivity index (χ4v) is 8.63. The molecule has 0 aromatic heterocycles. The molecule has 11 atom stereocenters. The Balaban J connectivity index is 1.36. The zero-order chi connectivity index (χ0) is 41.1. The predicted molar refractivity (Wildman–Crippen MR) is 199 cm³/mol. The molecule has 1 unspecified atom stereocenters. The lowest BCUT2D eigenvalue weighted by Gasteiger charge is -2.52. The van der Waals surface area contributed by atoms with Crippen molar-refractivity contribution in [3.63, 3.8) is 0 Å². The summed E-state index contributed by atoms with van der Waals surface area (Å²) in [6, 6.07) is 23.4. The topological polar surface area (TPSA) is 189 Å². The Labute approximate surface area is 337 Å². The molecule has 306 valence electrons. The molecule has 4 heterocycles. The van der Waals surface area contributed by atoms with Gasteiger partial charge in [-0.2, -0.15) is 0 Å². The van der Waals surface area contributed by atoms with E-state index in [1.54, 1.807) is 36.4 Å².